The lowest BCUT2D eigenvalue weighted by Crippen LogP contribution is -2.54. The zero-order chi connectivity index (χ0) is 20.8. The van der Waals surface area contributed by atoms with E-state index in [2.05, 4.69) is 0 Å². The van der Waals surface area contributed by atoms with Crippen LogP contribution >= 0.6 is 0 Å². The second kappa shape index (κ2) is 9.67. The number of aliphatic hydroxyl groups excluding tert-OH is 1. The number of hydrogen-bond donors (Lipinski definition) is 1. The van der Waals surface area contributed by atoms with E-state index in [4.69, 9.17) is 14.2 Å². The smallest absolute Gasteiger partial charge is 0.338 e. The van der Waals surface area contributed by atoms with Crippen LogP contribution in [0.2, 0.25) is 0 Å². The Balaban J connectivity index is 1.53. The van der Waals surface area contributed by atoms with Gasteiger partial charge < -0.3 is 19.3 Å². The van der Waals surface area contributed by atoms with E-state index in [9.17, 15) is 9.90 Å². The first kappa shape index (κ1) is 20.3. The summed E-state index contributed by atoms with van der Waals surface area (Å²) >= 11 is 0. The molecule has 0 spiro atoms. The van der Waals surface area contributed by atoms with Crippen molar-refractivity contribution in [2.45, 2.75) is 37.6 Å². The summed E-state index contributed by atoms with van der Waals surface area (Å²) in [6.07, 6.45) is -3.75. The van der Waals surface area contributed by atoms with Crippen molar-refractivity contribution in [1.29, 1.82) is 0 Å². The van der Waals surface area contributed by atoms with Gasteiger partial charge in [-0.2, -0.15) is 0 Å². The Labute approximate surface area is 175 Å². The van der Waals surface area contributed by atoms with E-state index in [1.165, 1.54) is 0 Å². The number of ether oxygens (including phenoxy) is 3. The number of hydrogen-bond acceptors (Lipinski definition) is 5. The van der Waals surface area contributed by atoms with Gasteiger partial charge in [0, 0.05) is 0 Å². The fraction of sp³-hybridized carbons (Fsp3) is 0.240. The van der Waals surface area contributed by atoms with Crippen LogP contribution in [-0.2, 0) is 32.2 Å². The molecule has 5 nitrogen and oxygen atoms in total. The summed E-state index contributed by atoms with van der Waals surface area (Å²) in [5, 5.41) is 11.0. The van der Waals surface area contributed by atoms with Crippen molar-refractivity contribution < 1.29 is 24.1 Å². The van der Waals surface area contributed by atoms with E-state index in [1.807, 2.05) is 91.0 Å². The number of carbonyl (C=O) groups is 1. The number of benzene rings is 3. The predicted molar refractivity (Wildman–Crippen MR) is 111 cm³/mol. The van der Waals surface area contributed by atoms with E-state index in [0.29, 0.717) is 0 Å². The van der Waals surface area contributed by atoms with E-state index in [1.54, 1.807) is 0 Å². The number of cyclic esters (lactones) is 1. The molecule has 0 aromatic heterocycles. The highest BCUT2D eigenvalue weighted by Gasteiger charge is 2.47. The van der Waals surface area contributed by atoms with Crippen molar-refractivity contribution in [3.05, 3.63) is 108 Å². The molecule has 0 saturated carbocycles. The minimum Gasteiger partial charge on any atom is -0.453 e. The number of aliphatic hydroxyl groups is 1. The molecule has 3 aromatic rings. The van der Waals surface area contributed by atoms with Crippen LogP contribution in [0.3, 0.4) is 0 Å². The molecule has 1 aliphatic heterocycles. The monoisotopic (exact) mass is 404 g/mol. The van der Waals surface area contributed by atoms with Gasteiger partial charge in [-0.25, -0.2) is 4.79 Å². The van der Waals surface area contributed by atoms with Gasteiger partial charge in [-0.3, -0.25) is 0 Å². The number of esters is 1. The van der Waals surface area contributed by atoms with Crippen LogP contribution in [0, 0.1) is 0 Å². The number of rotatable bonds is 7. The lowest BCUT2D eigenvalue weighted by Gasteiger charge is -2.39. The Kier molecular flexibility index (Phi) is 6.54. The normalized spacial score (nSPS) is 23.7. The minimum atomic E-state index is -1.16. The van der Waals surface area contributed by atoms with Crippen molar-refractivity contribution >= 4 is 5.97 Å². The first-order valence-corrected chi connectivity index (χ1v) is 9.97. The van der Waals surface area contributed by atoms with E-state index >= 15 is 0 Å². The Hall–Kier alpha value is -2.99. The molecule has 1 fully saturated rings. The zero-order valence-corrected chi connectivity index (χ0v) is 16.5. The average molecular weight is 404 g/mol. The van der Waals surface area contributed by atoms with E-state index in [0.717, 1.165) is 16.7 Å². The van der Waals surface area contributed by atoms with Gasteiger partial charge in [0.25, 0.3) is 0 Å². The molecule has 0 radical (unpaired) electrons. The molecule has 1 aliphatic rings. The zero-order valence-electron chi connectivity index (χ0n) is 16.5. The van der Waals surface area contributed by atoms with Gasteiger partial charge in [0.15, 0.2) is 12.2 Å². The summed E-state index contributed by atoms with van der Waals surface area (Å²) in [4.78, 5) is 12.7. The van der Waals surface area contributed by atoms with Crippen LogP contribution in [0.15, 0.2) is 91.0 Å². The molecule has 0 amide bonds. The maximum Gasteiger partial charge on any atom is 0.338 e. The molecule has 154 valence electrons. The molecule has 3 aromatic carbocycles. The molecule has 1 N–H and O–H groups in total. The van der Waals surface area contributed by atoms with Crippen molar-refractivity contribution in [3.63, 3.8) is 0 Å². The highest BCUT2D eigenvalue weighted by molar-refractivity contribution is 5.77. The van der Waals surface area contributed by atoms with Crippen LogP contribution in [0.4, 0.5) is 0 Å². The molecule has 4 atom stereocenters. The van der Waals surface area contributed by atoms with E-state index in [-0.39, 0.29) is 13.2 Å². The lowest BCUT2D eigenvalue weighted by molar-refractivity contribution is -0.223. The molecule has 4 rings (SSSR count). The van der Waals surface area contributed by atoms with Gasteiger partial charge in [0.05, 0.1) is 13.2 Å². The summed E-state index contributed by atoms with van der Waals surface area (Å²) in [6, 6.07) is 28.5. The van der Waals surface area contributed by atoms with E-state index < -0.39 is 30.4 Å². The van der Waals surface area contributed by atoms with Gasteiger partial charge >= 0.3 is 5.97 Å². The predicted octanol–water partition coefficient (Wildman–Crippen LogP) is 3.82. The Morgan fingerprint density at radius 1 is 0.733 bits per heavy atom. The largest absolute Gasteiger partial charge is 0.453 e. The van der Waals surface area contributed by atoms with Gasteiger partial charge in [0.2, 0.25) is 0 Å². The molecule has 0 unspecified atom stereocenters. The maximum atomic E-state index is 12.7. The van der Waals surface area contributed by atoms with Gasteiger partial charge in [-0.05, 0) is 16.7 Å². The molecule has 0 aliphatic carbocycles. The summed E-state index contributed by atoms with van der Waals surface area (Å²) in [7, 11) is 0. The standard InChI is InChI=1S/C25H24O5/c26-21-23(28-16-18-10-4-1-5-11-18)22(20-14-8-3-9-15-20)30-25(27)24(21)29-17-19-12-6-2-7-13-19/h1-15,21-24,26H,16-17H2/t21-,22+,23+,24+/m0/s1. The Morgan fingerprint density at radius 2 is 1.23 bits per heavy atom. The first-order valence-electron chi connectivity index (χ1n) is 9.97. The van der Waals surface area contributed by atoms with Crippen molar-refractivity contribution in [2.75, 3.05) is 0 Å². The molecular weight excluding hydrogens is 380 g/mol. The average Bonchev–Trinajstić information content (AvgIpc) is 2.80. The fourth-order valence-corrected chi connectivity index (χ4v) is 3.53. The molecule has 5 heteroatoms. The molecular formula is C25H24O5. The van der Waals surface area contributed by atoms with Gasteiger partial charge in [-0.1, -0.05) is 91.0 Å². The van der Waals surface area contributed by atoms with Crippen LogP contribution < -0.4 is 0 Å². The topological polar surface area (TPSA) is 65.0 Å². The van der Waals surface area contributed by atoms with Crippen molar-refractivity contribution in [2.24, 2.45) is 0 Å². The third-order valence-corrected chi connectivity index (χ3v) is 5.11. The second-order valence-electron chi connectivity index (χ2n) is 7.24. The van der Waals surface area contributed by atoms with Crippen molar-refractivity contribution in [1.82, 2.24) is 0 Å². The molecule has 0 bridgehead atoms. The molecule has 30 heavy (non-hydrogen) atoms. The number of carbonyl (C=O) groups excluding carboxylic acids is 1. The van der Waals surface area contributed by atoms with Gasteiger partial charge in [0.1, 0.15) is 12.2 Å². The maximum absolute atomic E-state index is 12.7. The second-order valence-corrected chi connectivity index (χ2v) is 7.24. The molecule has 1 saturated heterocycles. The van der Waals surface area contributed by atoms with Crippen LogP contribution in [0.5, 0.6) is 0 Å². The summed E-state index contributed by atoms with van der Waals surface area (Å²) < 4.78 is 17.5. The van der Waals surface area contributed by atoms with Gasteiger partial charge in [-0.15, -0.1) is 0 Å². The summed E-state index contributed by atoms with van der Waals surface area (Å²) in [5.41, 5.74) is 2.64. The quantitative estimate of drug-likeness (QED) is 0.607. The van der Waals surface area contributed by atoms with Crippen LogP contribution in [0.25, 0.3) is 0 Å². The SMILES string of the molecule is O=C1O[C@H](c2ccccc2)[C@H](OCc2ccccc2)[C@H](O)[C@H]1OCc1ccccc1. The lowest BCUT2D eigenvalue weighted by atomic mass is 9.94. The highest BCUT2D eigenvalue weighted by Crippen LogP contribution is 2.33. The van der Waals surface area contributed by atoms with Crippen LogP contribution in [0.1, 0.15) is 22.8 Å². The summed E-state index contributed by atoms with van der Waals surface area (Å²) in [5.74, 6) is -0.591. The van der Waals surface area contributed by atoms with Crippen molar-refractivity contribution in [3.8, 4) is 0 Å². The fourth-order valence-electron chi connectivity index (χ4n) is 3.53. The third kappa shape index (κ3) is 4.76. The highest BCUT2D eigenvalue weighted by atomic mass is 16.6. The molecule has 1 heterocycles. The first-order chi connectivity index (χ1) is 14.7. The summed E-state index contributed by atoms with van der Waals surface area (Å²) in [6.45, 7) is 0.480. The van der Waals surface area contributed by atoms with Crippen LogP contribution in [-0.4, -0.2) is 29.4 Å². The third-order valence-electron chi connectivity index (χ3n) is 5.11. The Bertz CT molecular complexity index is 930. The minimum absolute atomic E-state index is 0.194. The Morgan fingerprint density at radius 3 is 1.80 bits per heavy atom.